The number of hydrogen-bond acceptors (Lipinski definition) is 4. The average molecular weight is 227 g/mol. The molecule has 6 nitrogen and oxygen atoms in total. The molecule has 1 unspecified atom stereocenters. The smallest absolute Gasteiger partial charge is 0.411 e. The molecule has 16 heavy (non-hydrogen) atoms. The molecule has 88 valence electrons. The third-order valence-corrected chi connectivity index (χ3v) is 2.48. The lowest BCUT2D eigenvalue weighted by Gasteiger charge is -2.28. The van der Waals surface area contributed by atoms with Gasteiger partial charge in [-0.25, -0.2) is 9.59 Å². The third-order valence-electron chi connectivity index (χ3n) is 2.48. The Labute approximate surface area is 92.5 Å². The largest absolute Gasteiger partial charge is 0.479 e. The molecule has 1 atom stereocenters. The Kier molecular flexibility index (Phi) is 3.31. The molecule has 1 aliphatic heterocycles. The number of Topliss-reactive ketones (excluding diaryl/α,β-unsaturated/α-hetero) is 1. The monoisotopic (exact) mass is 227 g/mol. The van der Waals surface area contributed by atoms with Gasteiger partial charge >= 0.3 is 12.1 Å². The lowest BCUT2D eigenvalue weighted by atomic mass is 9.99. The van der Waals surface area contributed by atoms with Gasteiger partial charge in [0.05, 0.1) is 6.54 Å². The van der Waals surface area contributed by atoms with Gasteiger partial charge in [0.1, 0.15) is 12.1 Å². The number of hydrogen-bond donors (Lipinski definition) is 1. The van der Waals surface area contributed by atoms with E-state index in [1.54, 1.807) is 0 Å². The van der Waals surface area contributed by atoms with Crippen LogP contribution in [0.25, 0.3) is 0 Å². The van der Waals surface area contributed by atoms with Crippen molar-refractivity contribution in [3.05, 3.63) is 12.7 Å². The Hall–Kier alpha value is -1.85. The summed E-state index contributed by atoms with van der Waals surface area (Å²) in [5.41, 5.74) is -1.50. The topological polar surface area (TPSA) is 83.9 Å². The molecule has 0 aliphatic carbocycles. The molecule has 0 spiro atoms. The zero-order valence-corrected chi connectivity index (χ0v) is 8.93. The number of likely N-dealkylation sites (tertiary alicyclic amines) is 1. The molecule has 1 aliphatic rings. The van der Waals surface area contributed by atoms with Crippen molar-refractivity contribution < 1.29 is 24.2 Å². The van der Waals surface area contributed by atoms with Crippen LogP contribution in [0, 0.1) is 0 Å². The summed E-state index contributed by atoms with van der Waals surface area (Å²) in [5.74, 6) is -1.51. The first-order valence-corrected chi connectivity index (χ1v) is 4.72. The molecule has 0 radical (unpaired) electrons. The summed E-state index contributed by atoms with van der Waals surface area (Å²) < 4.78 is 4.72. The molecular weight excluding hydrogens is 214 g/mol. The number of amides is 1. The van der Waals surface area contributed by atoms with Crippen molar-refractivity contribution >= 4 is 17.8 Å². The van der Waals surface area contributed by atoms with Crippen LogP contribution in [0.4, 0.5) is 4.79 Å². The highest BCUT2D eigenvalue weighted by atomic mass is 16.6. The Morgan fingerprint density at radius 3 is 2.81 bits per heavy atom. The molecule has 1 rings (SSSR count). The van der Waals surface area contributed by atoms with Gasteiger partial charge in [0, 0.05) is 6.42 Å². The number of rotatable bonds is 3. The van der Waals surface area contributed by atoms with E-state index in [9.17, 15) is 14.4 Å². The van der Waals surface area contributed by atoms with E-state index in [0.717, 1.165) is 4.90 Å². The van der Waals surface area contributed by atoms with Crippen molar-refractivity contribution in [2.24, 2.45) is 0 Å². The second-order valence-corrected chi connectivity index (χ2v) is 3.75. The quantitative estimate of drug-likeness (QED) is 0.706. The lowest BCUT2D eigenvalue weighted by Crippen LogP contribution is -2.50. The predicted octanol–water partition coefficient (Wildman–Crippen LogP) is 0.427. The van der Waals surface area contributed by atoms with Crippen LogP contribution < -0.4 is 0 Å². The molecule has 1 heterocycles. The molecule has 0 bridgehead atoms. The minimum absolute atomic E-state index is 0.0147. The highest BCUT2D eigenvalue weighted by Gasteiger charge is 2.50. The van der Waals surface area contributed by atoms with Crippen LogP contribution >= 0.6 is 0 Å². The van der Waals surface area contributed by atoms with Crippen LogP contribution in [0.1, 0.15) is 13.3 Å². The highest BCUT2D eigenvalue weighted by Crippen LogP contribution is 2.27. The molecule has 1 amide bonds. The lowest BCUT2D eigenvalue weighted by molar-refractivity contribution is -0.148. The standard InChI is InChI=1S/C10H13NO5/c1-3-4-16-9(15)11-6-7(12)5-10(11,2)8(13)14/h3H,1,4-6H2,2H3,(H,13,14). The summed E-state index contributed by atoms with van der Waals surface area (Å²) in [6.45, 7) is 4.46. The van der Waals surface area contributed by atoms with E-state index >= 15 is 0 Å². The number of ketones is 1. The van der Waals surface area contributed by atoms with Crippen molar-refractivity contribution in [1.82, 2.24) is 4.90 Å². The van der Waals surface area contributed by atoms with Gasteiger partial charge in [0.25, 0.3) is 0 Å². The van der Waals surface area contributed by atoms with E-state index in [1.807, 2.05) is 0 Å². The summed E-state index contributed by atoms with van der Waals surface area (Å²) in [4.78, 5) is 34.7. The molecule has 1 N–H and O–H groups in total. The minimum Gasteiger partial charge on any atom is -0.479 e. The number of carboxylic acid groups (broad SMARTS) is 1. The maximum atomic E-state index is 11.5. The van der Waals surface area contributed by atoms with Crippen LogP contribution in [0.2, 0.25) is 0 Å². The van der Waals surface area contributed by atoms with Crippen molar-refractivity contribution in [3.63, 3.8) is 0 Å². The molecule has 1 saturated heterocycles. The summed E-state index contributed by atoms with van der Waals surface area (Å²) in [7, 11) is 0. The van der Waals surface area contributed by atoms with Crippen LogP contribution in [-0.2, 0) is 14.3 Å². The van der Waals surface area contributed by atoms with Gasteiger partial charge in [-0.1, -0.05) is 12.7 Å². The first-order valence-electron chi connectivity index (χ1n) is 4.72. The SMILES string of the molecule is C=CCOC(=O)N1CC(=O)CC1(C)C(=O)O. The van der Waals surface area contributed by atoms with E-state index in [4.69, 9.17) is 9.84 Å². The summed E-state index contributed by atoms with van der Waals surface area (Å²) in [6.07, 6.45) is 0.370. The molecular formula is C10H13NO5. The number of aliphatic carboxylic acids is 1. The number of ether oxygens (including phenoxy) is 1. The van der Waals surface area contributed by atoms with Gasteiger partial charge < -0.3 is 9.84 Å². The van der Waals surface area contributed by atoms with Crippen molar-refractivity contribution in [2.75, 3.05) is 13.2 Å². The first-order chi connectivity index (χ1) is 7.41. The first kappa shape index (κ1) is 12.2. The highest BCUT2D eigenvalue weighted by molar-refractivity contribution is 5.97. The van der Waals surface area contributed by atoms with Gasteiger partial charge in [-0.3, -0.25) is 9.69 Å². The molecule has 6 heteroatoms. The zero-order chi connectivity index (χ0) is 12.3. The number of carbonyl (C=O) groups excluding carboxylic acids is 2. The summed E-state index contributed by atoms with van der Waals surface area (Å²) >= 11 is 0. The van der Waals surface area contributed by atoms with Gasteiger partial charge in [-0.05, 0) is 6.92 Å². The average Bonchev–Trinajstić information content (AvgIpc) is 2.52. The number of carbonyl (C=O) groups is 3. The van der Waals surface area contributed by atoms with Crippen LogP contribution in [0.5, 0.6) is 0 Å². The van der Waals surface area contributed by atoms with Crippen LogP contribution in [0.3, 0.4) is 0 Å². The zero-order valence-electron chi connectivity index (χ0n) is 8.93. The third kappa shape index (κ3) is 2.05. The van der Waals surface area contributed by atoms with E-state index in [-0.39, 0.29) is 25.4 Å². The number of carboxylic acids is 1. The van der Waals surface area contributed by atoms with E-state index in [2.05, 4.69) is 6.58 Å². The fraction of sp³-hybridized carbons (Fsp3) is 0.500. The van der Waals surface area contributed by atoms with Crippen LogP contribution in [-0.4, -0.2) is 46.5 Å². The fourth-order valence-electron chi connectivity index (χ4n) is 1.55. The Bertz CT molecular complexity index is 351. The number of nitrogens with zero attached hydrogens (tertiary/aromatic N) is 1. The van der Waals surface area contributed by atoms with Crippen molar-refractivity contribution in [1.29, 1.82) is 0 Å². The Balaban J connectivity index is 2.85. The van der Waals surface area contributed by atoms with Crippen molar-refractivity contribution in [3.8, 4) is 0 Å². The van der Waals surface area contributed by atoms with E-state index in [0.29, 0.717) is 0 Å². The maximum absolute atomic E-state index is 11.5. The summed E-state index contributed by atoms with van der Waals surface area (Å²) in [6, 6.07) is 0. The summed E-state index contributed by atoms with van der Waals surface area (Å²) in [5, 5.41) is 9.01. The molecule has 0 aromatic rings. The van der Waals surface area contributed by atoms with Gasteiger partial charge in [-0.15, -0.1) is 0 Å². The molecule has 0 aromatic heterocycles. The van der Waals surface area contributed by atoms with Crippen molar-refractivity contribution in [2.45, 2.75) is 18.9 Å². The molecule has 0 aromatic carbocycles. The second-order valence-electron chi connectivity index (χ2n) is 3.75. The van der Waals surface area contributed by atoms with Crippen LogP contribution in [0.15, 0.2) is 12.7 Å². The fourth-order valence-corrected chi connectivity index (χ4v) is 1.55. The Morgan fingerprint density at radius 1 is 1.69 bits per heavy atom. The van der Waals surface area contributed by atoms with Gasteiger partial charge in [-0.2, -0.15) is 0 Å². The maximum Gasteiger partial charge on any atom is 0.411 e. The molecule has 0 saturated carbocycles. The minimum atomic E-state index is -1.50. The Morgan fingerprint density at radius 2 is 2.31 bits per heavy atom. The molecule has 1 fully saturated rings. The normalized spacial score (nSPS) is 24.3. The predicted molar refractivity (Wildman–Crippen MR) is 53.9 cm³/mol. The van der Waals surface area contributed by atoms with E-state index in [1.165, 1.54) is 13.0 Å². The van der Waals surface area contributed by atoms with Gasteiger partial charge in [0.15, 0.2) is 5.78 Å². The second kappa shape index (κ2) is 4.34. The van der Waals surface area contributed by atoms with E-state index < -0.39 is 17.6 Å². The van der Waals surface area contributed by atoms with Gasteiger partial charge in [0.2, 0.25) is 0 Å².